The summed E-state index contributed by atoms with van der Waals surface area (Å²) in [5.41, 5.74) is 7.34. The molecule has 0 aliphatic rings. The standard InChI is InChI=1S/C11H11FN2/c1-14-11-4-2-3-9(6-11)5-10(7-12)8-13/h2-4,6-7H,5,8,13H2. The normalized spacial score (nSPS) is 11.1. The molecule has 0 saturated carbocycles. The molecule has 3 heteroatoms. The summed E-state index contributed by atoms with van der Waals surface area (Å²) >= 11 is 0. The van der Waals surface area contributed by atoms with Gasteiger partial charge in [-0.3, -0.25) is 0 Å². The maximum absolute atomic E-state index is 12.2. The van der Waals surface area contributed by atoms with Gasteiger partial charge in [-0.2, -0.15) is 0 Å². The second-order valence-electron chi connectivity index (χ2n) is 2.93. The molecule has 2 nitrogen and oxygen atoms in total. The van der Waals surface area contributed by atoms with Gasteiger partial charge in [-0.25, -0.2) is 9.24 Å². The Morgan fingerprint density at radius 1 is 1.57 bits per heavy atom. The van der Waals surface area contributed by atoms with Crippen molar-refractivity contribution in [2.24, 2.45) is 5.73 Å². The number of nitrogens with two attached hydrogens (primary N) is 1. The molecule has 1 rings (SSSR count). The van der Waals surface area contributed by atoms with E-state index in [4.69, 9.17) is 12.3 Å². The minimum atomic E-state index is 0.207. The average molecular weight is 190 g/mol. The van der Waals surface area contributed by atoms with Crippen molar-refractivity contribution in [2.45, 2.75) is 6.42 Å². The van der Waals surface area contributed by atoms with Crippen molar-refractivity contribution in [3.8, 4) is 0 Å². The smallest absolute Gasteiger partial charge is 0.187 e. The van der Waals surface area contributed by atoms with Crippen LogP contribution in [0.2, 0.25) is 0 Å². The zero-order valence-electron chi connectivity index (χ0n) is 7.70. The Hall–Kier alpha value is -1.66. The van der Waals surface area contributed by atoms with Crippen LogP contribution < -0.4 is 5.73 Å². The second-order valence-corrected chi connectivity index (χ2v) is 2.93. The van der Waals surface area contributed by atoms with E-state index in [1.54, 1.807) is 18.2 Å². The summed E-state index contributed by atoms with van der Waals surface area (Å²) < 4.78 is 12.2. The second kappa shape index (κ2) is 5.15. The van der Waals surface area contributed by atoms with Crippen LogP contribution in [0, 0.1) is 6.57 Å². The molecule has 0 amide bonds. The topological polar surface area (TPSA) is 30.4 Å². The largest absolute Gasteiger partial charge is 0.327 e. The van der Waals surface area contributed by atoms with Gasteiger partial charge in [0.2, 0.25) is 0 Å². The van der Waals surface area contributed by atoms with Crippen LogP contribution in [-0.4, -0.2) is 6.54 Å². The molecule has 0 unspecified atom stereocenters. The molecule has 1 aromatic rings. The minimum Gasteiger partial charge on any atom is -0.327 e. The number of nitrogens with zero attached hydrogens (tertiary/aromatic N) is 1. The van der Waals surface area contributed by atoms with E-state index in [0.717, 1.165) is 5.56 Å². The van der Waals surface area contributed by atoms with Gasteiger partial charge >= 0.3 is 0 Å². The van der Waals surface area contributed by atoms with E-state index < -0.39 is 0 Å². The minimum absolute atomic E-state index is 0.207. The molecule has 0 aliphatic heterocycles. The molecule has 0 saturated heterocycles. The molecular formula is C11H11FN2. The van der Waals surface area contributed by atoms with Crippen molar-refractivity contribution in [1.82, 2.24) is 0 Å². The molecule has 0 bridgehead atoms. The molecule has 72 valence electrons. The van der Waals surface area contributed by atoms with Gasteiger partial charge in [-0.15, -0.1) is 0 Å². The van der Waals surface area contributed by atoms with Gasteiger partial charge in [0.15, 0.2) is 5.69 Å². The van der Waals surface area contributed by atoms with E-state index in [9.17, 15) is 4.39 Å². The van der Waals surface area contributed by atoms with Gasteiger partial charge in [-0.05, 0) is 12.0 Å². The molecule has 1 aromatic carbocycles. The molecule has 0 atom stereocenters. The predicted octanol–water partition coefficient (Wildman–Crippen LogP) is 2.59. The lowest BCUT2D eigenvalue weighted by molar-refractivity contribution is 0.700. The van der Waals surface area contributed by atoms with Crippen LogP contribution in [0.15, 0.2) is 36.2 Å². The van der Waals surface area contributed by atoms with Crippen LogP contribution in [0.1, 0.15) is 5.56 Å². The van der Waals surface area contributed by atoms with Gasteiger partial charge in [0.1, 0.15) is 0 Å². The average Bonchev–Trinajstić information content (AvgIpc) is 2.26. The Morgan fingerprint density at radius 3 is 2.93 bits per heavy atom. The zero-order chi connectivity index (χ0) is 10.4. The Morgan fingerprint density at radius 2 is 2.36 bits per heavy atom. The quantitative estimate of drug-likeness (QED) is 0.729. The third kappa shape index (κ3) is 2.68. The van der Waals surface area contributed by atoms with Crippen molar-refractivity contribution in [3.63, 3.8) is 0 Å². The van der Waals surface area contributed by atoms with Crippen molar-refractivity contribution in [3.05, 3.63) is 53.1 Å². The highest BCUT2D eigenvalue weighted by Gasteiger charge is 1.99. The van der Waals surface area contributed by atoms with Gasteiger partial charge < -0.3 is 5.73 Å². The molecular weight excluding hydrogens is 179 g/mol. The lowest BCUT2D eigenvalue weighted by Crippen LogP contribution is -2.05. The fourth-order valence-corrected chi connectivity index (χ4v) is 1.15. The lowest BCUT2D eigenvalue weighted by atomic mass is 10.1. The Bertz CT molecular complexity index is 377. The van der Waals surface area contributed by atoms with Crippen molar-refractivity contribution < 1.29 is 4.39 Å². The van der Waals surface area contributed by atoms with Crippen LogP contribution in [0.5, 0.6) is 0 Å². The highest BCUT2D eigenvalue weighted by Crippen LogP contribution is 2.16. The third-order valence-corrected chi connectivity index (χ3v) is 1.89. The van der Waals surface area contributed by atoms with E-state index in [1.807, 2.05) is 6.07 Å². The number of benzene rings is 1. The summed E-state index contributed by atoms with van der Waals surface area (Å²) in [6, 6.07) is 7.10. The van der Waals surface area contributed by atoms with E-state index in [2.05, 4.69) is 4.85 Å². The first kappa shape index (κ1) is 10.4. The summed E-state index contributed by atoms with van der Waals surface area (Å²) in [4.78, 5) is 3.30. The molecule has 2 N–H and O–H groups in total. The predicted molar refractivity (Wildman–Crippen MR) is 54.7 cm³/mol. The van der Waals surface area contributed by atoms with E-state index >= 15 is 0 Å². The number of rotatable bonds is 3. The van der Waals surface area contributed by atoms with Gasteiger partial charge in [-0.1, -0.05) is 29.8 Å². The zero-order valence-corrected chi connectivity index (χ0v) is 7.70. The van der Waals surface area contributed by atoms with Crippen molar-refractivity contribution in [1.29, 1.82) is 0 Å². The molecule has 14 heavy (non-hydrogen) atoms. The number of hydrogen-bond donors (Lipinski definition) is 1. The lowest BCUT2D eigenvalue weighted by Gasteiger charge is -2.02. The number of halogens is 1. The Balaban J connectivity index is 2.82. The Labute approximate surface area is 82.7 Å². The SMILES string of the molecule is [C-]#[N+]c1cccc(CC(=CF)CN)c1. The van der Waals surface area contributed by atoms with Crippen LogP contribution in [0.4, 0.5) is 10.1 Å². The van der Waals surface area contributed by atoms with E-state index in [-0.39, 0.29) is 6.54 Å². The molecule has 0 spiro atoms. The van der Waals surface area contributed by atoms with E-state index in [0.29, 0.717) is 24.0 Å². The van der Waals surface area contributed by atoms with Crippen LogP contribution >= 0.6 is 0 Å². The first-order chi connectivity index (χ1) is 6.80. The summed E-state index contributed by atoms with van der Waals surface area (Å²) in [6.45, 7) is 7.03. The van der Waals surface area contributed by atoms with Crippen LogP contribution in [-0.2, 0) is 6.42 Å². The van der Waals surface area contributed by atoms with Gasteiger partial charge in [0.05, 0.1) is 12.9 Å². The molecule has 0 fully saturated rings. The molecule has 0 aromatic heterocycles. The van der Waals surface area contributed by atoms with Gasteiger partial charge in [0, 0.05) is 6.54 Å². The maximum atomic E-state index is 12.2. The molecule has 0 radical (unpaired) electrons. The fraction of sp³-hybridized carbons (Fsp3) is 0.182. The monoisotopic (exact) mass is 190 g/mol. The summed E-state index contributed by atoms with van der Waals surface area (Å²) in [5.74, 6) is 0. The summed E-state index contributed by atoms with van der Waals surface area (Å²) in [5, 5.41) is 0. The molecule has 0 aliphatic carbocycles. The van der Waals surface area contributed by atoms with Gasteiger partial charge in [0.25, 0.3) is 0 Å². The Kier molecular flexibility index (Phi) is 3.84. The maximum Gasteiger partial charge on any atom is 0.187 e. The number of hydrogen-bond acceptors (Lipinski definition) is 1. The summed E-state index contributed by atoms with van der Waals surface area (Å²) in [7, 11) is 0. The van der Waals surface area contributed by atoms with Crippen LogP contribution in [0.3, 0.4) is 0 Å². The highest BCUT2D eigenvalue weighted by molar-refractivity contribution is 5.47. The van der Waals surface area contributed by atoms with Crippen LogP contribution in [0.25, 0.3) is 4.85 Å². The first-order valence-corrected chi connectivity index (χ1v) is 4.24. The molecule has 0 heterocycles. The first-order valence-electron chi connectivity index (χ1n) is 4.24. The third-order valence-electron chi connectivity index (χ3n) is 1.89. The summed E-state index contributed by atoms with van der Waals surface area (Å²) in [6.07, 6.45) is 1.00. The van der Waals surface area contributed by atoms with E-state index in [1.165, 1.54) is 0 Å². The highest BCUT2D eigenvalue weighted by atomic mass is 19.1. The van der Waals surface area contributed by atoms with Crippen molar-refractivity contribution >= 4 is 5.69 Å². The fourth-order valence-electron chi connectivity index (χ4n) is 1.15. The van der Waals surface area contributed by atoms with Crippen molar-refractivity contribution in [2.75, 3.05) is 6.54 Å².